The van der Waals surface area contributed by atoms with Gasteiger partial charge in [0.25, 0.3) is 5.91 Å². The molecule has 4 bridgehead atoms. The monoisotopic (exact) mass is 421 g/mol. The molecule has 1 amide bonds. The van der Waals surface area contributed by atoms with E-state index in [0.717, 1.165) is 23.0 Å². The summed E-state index contributed by atoms with van der Waals surface area (Å²) in [5, 5.41) is 3.32. The molecule has 0 spiro atoms. The molecule has 2 aromatic rings. The first-order valence-electron chi connectivity index (χ1n) is 11.4. The topological polar surface area (TPSA) is 73.2 Å². The fourth-order valence-electron chi connectivity index (χ4n) is 6.18. The van der Waals surface area contributed by atoms with Crippen molar-refractivity contribution in [1.29, 1.82) is 0 Å². The third-order valence-corrected chi connectivity index (χ3v) is 7.16. The quantitative estimate of drug-likeness (QED) is 0.766. The van der Waals surface area contributed by atoms with Gasteiger partial charge in [0.2, 0.25) is 0 Å². The molecule has 6 rings (SSSR count). The van der Waals surface area contributed by atoms with E-state index in [4.69, 9.17) is 4.74 Å². The highest BCUT2D eigenvalue weighted by Crippen LogP contribution is 2.53. The van der Waals surface area contributed by atoms with Gasteiger partial charge in [-0.15, -0.1) is 0 Å². The number of rotatable bonds is 3. The molecule has 0 saturated heterocycles. The van der Waals surface area contributed by atoms with Crippen LogP contribution in [-0.4, -0.2) is 33.2 Å². The molecule has 4 aliphatic rings. The number of carbonyl (C=O) groups excluding carboxylic acids is 2. The average molecular weight is 422 g/mol. The number of amides is 1. The smallest absolute Gasteiger partial charge is 0.419 e. The minimum atomic E-state index is -0.648. The molecule has 31 heavy (non-hydrogen) atoms. The summed E-state index contributed by atoms with van der Waals surface area (Å²) in [5.41, 5.74) is 1.30. The van der Waals surface area contributed by atoms with Gasteiger partial charge in [-0.25, -0.2) is 9.36 Å². The van der Waals surface area contributed by atoms with Crippen LogP contribution < -0.4 is 5.32 Å². The first kappa shape index (κ1) is 20.3. The van der Waals surface area contributed by atoms with Crippen LogP contribution in [-0.2, 0) is 4.74 Å². The predicted molar refractivity (Wildman–Crippen MR) is 118 cm³/mol. The van der Waals surface area contributed by atoms with Gasteiger partial charge in [0, 0.05) is 35.8 Å². The summed E-state index contributed by atoms with van der Waals surface area (Å²) >= 11 is 0. The minimum Gasteiger partial charge on any atom is -0.443 e. The molecular weight excluding hydrogens is 390 g/mol. The summed E-state index contributed by atoms with van der Waals surface area (Å²) < 4.78 is 6.92. The van der Waals surface area contributed by atoms with Gasteiger partial charge in [0.15, 0.2) is 0 Å². The Morgan fingerprint density at radius 1 is 1.06 bits per heavy atom. The standard InChI is InChI=1S/C25H31N3O3/c1-25(2,3)31-24(30)28-14-20(17-5-4-6-26-13-17)12-21(28)23(29)27-22-18-8-15-7-16(10-18)11-19(22)9-15/h4-6,12-16,18-19,22H,7-11H2,1-3H3,(H,27,29). The van der Waals surface area contributed by atoms with Crippen LogP contribution in [0.5, 0.6) is 0 Å². The normalized spacial score (nSPS) is 29.1. The lowest BCUT2D eigenvalue weighted by Crippen LogP contribution is -2.56. The zero-order valence-corrected chi connectivity index (χ0v) is 18.5. The second-order valence-electron chi connectivity index (χ2n) is 10.6. The number of hydrogen-bond donors (Lipinski definition) is 1. The van der Waals surface area contributed by atoms with Crippen LogP contribution in [0, 0.1) is 23.7 Å². The molecule has 4 fully saturated rings. The van der Waals surface area contributed by atoms with Crippen LogP contribution in [0.1, 0.15) is 63.4 Å². The molecule has 0 radical (unpaired) electrons. The van der Waals surface area contributed by atoms with Crippen LogP contribution in [0.3, 0.4) is 0 Å². The van der Waals surface area contributed by atoms with Crippen molar-refractivity contribution in [3.63, 3.8) is 0 Å². The molecule has 164 valence electrons. The lowest BCUT2D eigenvalue weighted by atomic mass is 9.54. The highest BCUT2D eigenvalue weighted by molar-refractivity contribution is 5.98. The molecule has 4 saturated carbocycles. The molecular formula is C25H31N3O3. The molecule has 2 aromatic heterocycles. The van der Waals surface area contributed by atoms with E-state index < -0.39 is 11.7 Å². The van der Waals surface area contributed by atoms with E-state index in [0.29, 0.717) is 17.5 Å². The highest BCUT2D eigenvalue weighted by Gasteiger charge is 2.48. The Bertz CT molecular complexity index is 961. The predicted octanol–water partition coefficient (Wildman–Crippen LogP) is 4.89. The zero-order chi connectivity index (χ0) is 21.8. The molecule has 0 aromatic carbocycles. The van der Waals surface area contributed by atoms with Crippen molar-refractivity contribution in [3.05, 3.63) is 42.5 Å². The third-order valence-electron chi connectivity index (χ3n) is 7.16. The van der Waals surface area contributed by atoms with Crippen molar-refractivity contribution in [2.45, 2.75) is 64.5 Å². The molecule has 0 unspecified atom stereocenters. The highest BCUT2D eigenvalue weighted by atomic mass is 16.6. The second kappa shape index (κ2) is 7.50. The average Bonchev–Trinajstić information content (AvgIpc) is 3.15. The first-order chi connectivity index (χ1) is 14.8. The van der Waals surface area contributed by atoms with Crippen LogP contribution in [0.25, 0.3) is 11.1 Å². The minimum absolute atomic E-state index is 0.196. The van der Waals surface area contributed by atoms with E-state index in [-0.39, 0.29) is 11.9 Å². The van der Waals surface area contributed by atoms with E-state index in [1.807, 2.05) is 32.9 Å². The molecule has 2 heterocycles. The Hall–Kier alpha value is -2.63. The van der Waals surface area contributed by atoms with Crippen LogP contribution in [0.15, 0.2) is 36.8 Å². The maximum absolute atomic E-state index is 13.4. The number of aromatic nitrogens is 2. The van der Waals surface area contributed by atoms with Gasteiger partial charge in [-0.2, -0.15) is 0 Å². The first-order valence-corrected chi connectivity index (χ1v) is 11.4. The molecule has 0 atom stereocenters. The van der Waals surface area contributed by atoms with Crippen molar-refractivity contribution in [1.82, 2.24) is 14.9 Å². The van der Waals surface area contributed by atoms with Crippen molar-refractivity contribution in [3.8, 4) is 11.1 Å². The van der Waals surface area contributed by atoms with Crippen molar-refractivity contribution in [2.24, 2.45) is 23.7 Å². The maximum atomic E-state index is 13.4. The zero-order valence-electron chi connectivity index (χ0n) is 18.5. The fraction of sp³-hybridized carbons (Fsp3) is 0.560. The summed E-state index contributed by atoms with van der Waals surface area (Å²) in [4.78, 5) is 30.5. The fourth-order valence-corrected chi connectivity index (χ4v) is 6.18. The number of pyridine rings is 1. The number of nitrogens with zero attached hydrogens (tertiary/aromatic N) is 2. The Morgan fingerprint density at radius 3 is 2.32 bits per heavy atom. The lowest BCUT2D eigenvalue weighted by Gasteiger charge is -2.54. The Morgan fingerprint density at radius 2 is 1.74 bits per heavy atom. The van der Waals surface area contributed by atoms with E-state index in [1.54, 1.807) is 24.7 Å². The Balaban J connectivity index is 1.43. The molecule has 1 N–H and O–H groups in total. The van der Waals surface area contributed by atoms with Crippen LogP contribution in [0.4, 0.5) is 4.79 Å². The van der Waals surface area contributed by atoms with Gasteiger partial charge < -0.3 is 10.1 Å². The number of ether oxygens (including phenoxy) is 1. The van der Waals surface area contributed by atoms with Gasteiger partial charge in [-0.05, 0) is 88.7 Å². The molecule has 4 aliphatic carbocycles. The largest absolute Gasteiger partial charge is 0.443 e. The second-order valence-corrected chi connectivity index (χ2v) is 10.6. The Kier molecular flexibility index (Phi) is 4.91. The summed E-state index contributed by atoms with van der Waals surface area (Å²) in [6.45, 7) is 5.47. The van der Waals surface area contributed by atoms with Crippen LogP contribution >= 0.6 is 0 Å². The van der Waals surface area contributed by atoms with Crippen molar-refractivity contribution in [2.75, 3.05) is 0 Å². The van der Waals surface area contributed by atoms with Crippen molar-refractivity contribution >= 4 is 12.0 Å². The lowest BCUT2D eigenvalue weighted by molar-refractivity contribution is -0.0121. The van der Waals surface area contributed by atoms with Crippen LogP contribution in [0.2, 0.25) is 0 Å². The maximum Gasteiger partial charge on any atom is 0.419 e. The van der Waals surface area contributed by atoms with Gasteiger partial charge in [0.1, 0.15) is 11.3 Å². The number of nitrogens with one attached hydrogen (secondary N) is 1. The molecule has 0 aliphatic heterocycles. The number of hydrogen-bond acceptors (Lipinski definition) is 4. The summed E-state index contributed by atoms with van der Waals surface area (Å²) in [6.07, 6.45) is 10.9. The van der Waals surface area contributed by atoms with E-state index in [2.05, 4.69) is 10.3 Å². The summed E-state index contributed by atoms with van der Waals surface area (Å²) in [6, 6.07) is 5.74. The van der Waals surface area contributed by atoms with Crippen molar-refractivity contribution < 1.29 is 14.3 Å². The van der Waals surface area contributed by atoms with Gasteiger partial charge >= 0.3 is 6.09 Å². The number of carbonyl (C=O) groups is 2. The summed E-state index contributed by atoms with van der Waals surface area (Å²) in [5.74, 6) is 2.64. The Labute approximate surface area is 183 Å². The van der Waals surface area contributed by atoms with E-state index >= 15 is 0 Å². The summed E-state index contributed by atoms with van der Waals surface area (Å²) in [7, 11) is 0. The van der Waals surface area contributed by atoms with Gasteiger partial charge in [0.05, 0.1) is 0 Å². The van der Waals surface area contributed by atoms with E-state index in [9.17, 15) is 9.59 Å². The SMILES string of the molecule is CC(C)(C)OC(=O)n1cc(-c2cccnc2)cc1C(=O)NC1C2CC3CC(C2)CC1C3. The molecule has 6 heteroatoms. The van der Waals surface area contributed by atoms with E-state index in [1.165, 1.54) is 36.7 Å². The third kappa shape index (κ3) is 4.00. The molecule has 6 nitrogen and oxygen atoms in total. The van der Waals surface area contributed by atoms with Gasteiger partial charge in [-0.3, -0.25) is 9.78 Å². The van der Waals surface area contributed by atoms with Gasteiger partial charge in [-0.1, -0.05) is 6.07 Å².